The molecule has 2 heterocycles. The molecule has 0 N–H and O–H groups in total. The first-order chi connectivity index (χ1) is 12.3. The van der Waals surface area contributed by atoms with Crippen LogP contribution in [0.2, 0.25) is 0 Å². The first-order valence-corrected chi connectivity index (χ1v) is 8.60. The number of hydrogen-bond acceptors (Lipinski definition) is 4. The van der Waals surface area contributed by atoms with Gasteiger partial charge in [0, 0.05) is 14.2 Å². The molecule has 0 saturated carbocycles. The van der Waals surface area contributed by atoms with Gasteiger partial charge in [-0.1, -0.05) is 60.7 Å². The Bertz CT molecular complexity index is 499. The Morgan fingerprint density at radius 2 is 1.08 bits per heavy atom. The molecule has 2 saturated heterocycles. The Balaban J connectivity index is 0.000000156. The number of rotatable bonds is 6. The molecule has 0 radical (unpaired) electrons. The van der Waals surface area contributed by atoms with Crippen molar-refractivity contribution in [2.24, 2.45) is 0 Å². The molecular weight excluding hydrogens is 316 g/mol. The third kappa shape index (κ3) is 9.99. The van der Waals surface area contributed by atoms with E-state index in [4.69, 9.17) is 18.9 Å². The Labute approximate surface area is 150 Å². The van der Waals surface area contributed by atoms with Crippen molar-refractivity contribution in [1.29, 1.82) is 0 Å². The minimum absolute atomic E-state index is 0.426. The van der Waals surface area contributed by atoms with Crippen molar-refractivity contribution >= 4 is 0 Å². The molecule has 136 valence electrons. The normalized spacial score (nSPS) is 19.8. The molecule has 2 aromatic rings. The Hall–Kier alpha value is -1.72. The quantitative estimate of drug-likeness (QED) is 0.754. The van der Waals surface area contributed by atoms with Gasteiger partial charge in [0.05, 0.1) is 26.4 Å². The van der Waals surface area contributed by atoms with Crippen LogP contribution in [0.5, 0.6) is 0 Å². The lowest BCUT2D eigenvalue weighted by Crippen LogP contribution is -1.94. The van der Waals surface area contributed by atoms with E-state index in [1.54, 1.807) is 14.2 Å². The third-order valence-corrected chi connectivity index (χ3v) is 3.60. The molecule has 4 heteroatoms. The maximum absolute atomic E-state index is 4.82. The number of epoxide rings is 2. The molecule has 4 rings (SSSR count). The maximum Gasteiger partial charge on any atom is 0.104 e. The van der Waals surface area contributed by atoms with Crippen LogP contribution < -0.4 is 0 Å². The summed E-state index contributed by atoms with van der Waals surface area (Å²) in [6.45, 7) is 3.32. The monoisotopic (exact) mass is 344 g/mol. The number of methoxy groups -OCH3 is 2. The Morgan fingerprint density at radius 3 is 1.32 bits per heavy atom. The van der Waals surface area contributed by atoms with Crippen molar-refractivity contribution in [2.75, 3.05) is 40.6 Å². The van der Waals surface area contributed by atoms with E-state index in [1.165, 1.54) is 11.1 Å². The second kappa shape index (κ2) is 11.8. The zero-order valence-electron chi connectivity index (χ0n) is 15.1. The van der Waals surface area contributed by atoms with Crippen LogP contribution in [-0.2, 0) is 25.4 Å². The predicted octanol–water partition coefficient (Wildman–Crippen LogP) is 3.34. The van der Waals surface area contributed by atoms with Gasteiger partial charge in [-0.05, 0) is 17.5 Å². The first-order valence-electron chi connectivity index (χ1n) is 8.60. The largest absolute Gasteiger partial charge is 0.382 e. The van der Waals surface area contributed by atoms with Gasteiger partial charge in [0.15, 0.2) is 0 Å². The van der Waals surface area contributed by atoms with Gasteiger partial charge in [0.25, 0.3) is 0 Å². The van der Waals surface area contributed by atoms with E-state index in [1.807, 2.05) is 0 Å². The summed E-state index contributed by atoms with van der Waals surface area (Å²) in [7, 11) is 3.36. The van der Waals surface area contributed by atoms with Crippen molar-refractivity contribution < 1.29 is 18.9 Å². The van der Waals surface area contributed by atoms with Gasteiger partial charge in [-0.3, -0.25) is 0 Å². The van der Waals surface area contributed by atoms with E-state index in [9.17, 15) is 0 Å². The standard InChI is InChI=1S/C13H12.2C4H8O2/c1-3-7-12(8-4-1)11-13-9-5-2-6-10-13;2*1-5-2-4-3-6-4/h1-10H,11H2;2*4H,2-3H2,1H3. The van der Waals surface area contributed by atoms with Gasteiger partial charge < -0.3 is 18.9 Å². The van der Waals surface area contributed by atoms with Gasteiger partial charge >= 0.3 is 0 Å². The Kier molecular flexibility index (Phi) is 9.23. The molecule has 2 aliphatic rings. The fraction of sp³-hybridized carbons (Fsp3) is 0.429. The highest BCUT2D eigenvalue weighted by molar-refractivity contribution is 5.25. The molecule has 2 aromatic carbocycles. The fourth-order valence-electron chi connectivity index (χ4n) is 2.13. The van der Waals surface area contributed by atoms with Crippen LogP contribution in [0.1, 0.15) is 11.1 Å². The lowest BCUT2D eigenvalue weighted by Gasteiger charge is -2.00. The zero-order chi connectivity index (χ0) is 17.7. The molecule has 0 aromatic heterocycles. The van der Waals surface area contributed by atoms with Crippen LogP contribution in [0.25, 0.3) is 0 Å². The average molecular weight is 344 g/mol. The summed E-state index contributed by atoms with van der Waals surface area (Å²) in [5.41, 5.74) is 2.74. The van der Waals surface area contributed by atoms with Crippen molar-refractivity contribution in [1.82, 2.24) is 0 Å². The summed E-state index contributed by atoms with van der Waals surface area (Å²) in [6, 6.07) is 21.1. The average Bonchev–Trinajstić information content (AvgIpc) is 3.55. The van der Waals surface area contributed by atoms with Gasteiger partial charge in [-0.15, -0.1) is 0 Å². The molecule has 0 aliphatic carbocycles. The molecule has 2 atom stereocenters. The molecule has 2 fully saturated rings. The molecule has 4 nitrogen and oxygen atoms in total. The first kappa shape index (κ1) is 19.6. The second-order valence-electron chi connectivity index (χ2n) is 5.97. The van der Waals surface area contributed by atoms with Crippen LogP contribution in [0, 0.1) is 0 Å². The van der Waals surface area contributed by atoms with Gasteiger partial charge in [-0.25, -0.2) is 0 Å². The Morgan fingerprint density at radius 1 is 0.720 bits per heavy atom. The summed E-state index contributed by atoms with van der Waals surface area (Å²) >= 11 is 0. The maximum atomic E-state index is 4.82. The van der Waals surface area contributed by atoms with E-state index in [0.717, 1.165) is 32.8 Å². The molecule has 2 unspecified atom stereocenters. The van der Waals surface area contributed by atoms with E-state index in [-0.39, 0.29) is 0 Å². The topological polar surface area (TPSA) is 43.5 Å². The van der Waals surface area contributed by atoms with E-state index >= 15 is 0 Å². The molecule has 2 aliphatic heterocycles. The predicted molar refractivity (Wildman–Crippen MR) is 98.9 cm³/mol. The molecule has 0 bridgehead atoms. The number of ether oxygens (including phenoxy) is 4. The van der Waals surface area contributed by atoms with Gasteiger partial charge in [0.1, 0.15) is 12.2 Å². The van der Waals surface area contributed by atoms with E-state index < -0.39 is 0 Å². The van der Waals surface area contributed by atoms with Crippen LogP contribution >= 0.6 is 0 Å². The third-order valence-electron chi connectivity index (χ3n) is 3.60. The van der Waals surface area contributed by atoms with E-state index in [0.29, 0.717) is 12.2 Å². The van der Waals surface area contributed by atoms with Crippen LogP contribution in [-0.4, -0.2) is 52.9 Å². The summed E-state index contributed by atoms with van der Waals surface area (Å²) in [6.07, 6.45) is 1.88. The van der Waals surface area contributed by atoms with Crippen LogP contribution in [0.3, 0.4) is 0 Å². The van der Waals surface area contributed by atoms with Crippen molar-refractivity contribution in [3.05, 3.63) is 71.8 Å². The summed E-state index contributed by atoms with van der Waals surface area (Å²) in [5.74, 6) is 0. The summed E-state index contributed by atoms with van der Waals surface area (Å²) < 4.78 is 19.1. The second-order valence-corrected chi connectivity index (χ2v) is 5.97. The molecule has 0 amide bonds. The van der Waals surface area contributed by atoms with Gasteiger partial charge in [0.2, 0.25) is 0 Å². The lowest BCUT2D eigenvalue weighted by atomic mass is 10.1. The number of benzene rings is 2. The van der Waals surface area contributed by atoms with Gasteiger partial charge in [-0.2, -0.15) is 0 Å². The zero-order valence-corrected chi connectivity index (χ0v) is 15.1. The lowest BCUT2D eigenvalue weighted by molar-refractivity contribution is 0.171. The molecule has 0 spiro atoms. The van der Waals surface area contributed by atoms with Crippen molar-refractivity contribution in [3.63, 3.8) is 0 Å². The SMILES string of the molecule is COCC1CO1.COCC1CO1.c1ccc(Cc2ccccc2)cc1. The highest BCUT2D eigenvalue weighted by atomic mass is 16.6. The minimum atomic E-state index is 0.426. The fourth-order valence-corrected chi connectivity index (χ4v) is 2.13. The highest BCUT2D eigenvalue weighted by Gasteiger charge is 2.21. The van der Waals surface area contributed by atoms with E-state index in [2.05, 4.69) is 60.7 Å². The molecule has 25 heavy (non-hydrogen) atoms. The van der Waals surface area contributed by atoms with Crippen molar-refractivity contribution in [3.8, 4) is 0 Å². The molecular formula is C21H28O4. The summed E-state index contributed by atoms with van der Waals surface area (Å²) in [4.78, 5) is 0. The highest BCUT2D eigenvalue weighted by Crippen LogP contribution is 2.08. The van der Waals surface area contributed by atoms with Crippen LogP contribution in [0.15, 0.2) is 60.7 Å². The number of hydrogen-bond donors (Lipinski definition) is 0. The smallest absolute Gasteiger partial charge is 0.104 e. The summed E-state index contributed by atoms with van der Waals surface area (Å²) in [5, 5.41) is 0. The van der Waals surface area contributed by atoms with Crippen LogP contribution in [0.4, 0.5) is 0 Å². The van der Waals surface area contributed by atoms with Crippen molar-refractivity contribution in [2.45, 2.75) is 18.6 Å². The minimum Gasteiger partial charge on any atom is -0.382 e.